The van der Waals surface area contributed by atoms with Crippen LogP contribution in [-0.2, 0) is 4.79 Å². The summed E-state index contributed by atoms with van der Waals surface area (Å²) < 4.78 is 0. The van der Waals surface area contributed by atoms with E-state index in [0.29, 0.717) is 6.54 Å². The predicted octanol–water partition coefficient (Wildman–Crippen LogP) is 2.38. The Bertz CT molecular complexity index is 177. The number of nitrogens with one attached hydrogen (secondary N) is 1. The summed E-state index contributed by atoms with van der Waals surface area (Å²) in [7, 11) is 0. The fourth-order valence-electron chi connectivity index (χ4n) is 0.710. The molecule has 0 bridgehead atoms. The van der Waals surface area contributed by atoms with Crippen LogP contribution in [0.25, 0.3) is 0 Å². The molecule has 2 nitrogen and oxygen atoms in total. The van der Waals surface area contributed by atoms with Crippen LogP contribution >= 0.6 is 0 Å². The lowest BCUT2D eigenvalue weighted by Crippen LogP contribution is -2.44. The molecule has 0 aliphatic rings. The first-order valence-corrected chi connectivity index (χ1v) is 4.97. The quantitative estimate of drug-likeness (QED) is 0.728. The number of hydrogen-bond acceptors (Lipinski definition) is 2. The summed E-state index contributed by atoms with van der Waals surface area (Å²) in [5.74, 6) is 0.272. The molecule has 0 rings (SSSR count). The molecule has 0 aromatic heterocycles. The minimum absolute atomic E-state index is 0.0703. The normalized spacial score (nSPS) is 13.1. The minimum Gasteiger partial charge on any atom is -0.305 e. The van der Waals surface area contributed by atoms with Gasteiger partial charge in [-0.05, 0) is 20.3 Å². The highest BCUT2D eigenvalue weighted by molar-refractivity contribution is 5.85. The van der Waals surface area contributed by atoms with E-state index in [9.17, 15) is 4.79 Å². The van der Waals surface area contributed by atoms with E-state index in [1.165, 1.54) is 0 Å². The number of rotatable bonds is 4. The van der Waals surface area contributed by atoms with Crippen LogP contribution in [0.1, 0.15) is 48.0 Å². The molecule has 0 fully saturated rings. The molecular weight excluding hydrogens is 162 g/mol. The van der Waals surface area contributed by atoms with Crippen LogP contribution in [0.2, 0.25) is 0 Å². The van der Waals surface area contributed by atoms with Crippen LogP contribution in [0.5, 0.6) is 0 Å². The van der Waals surface area contributed by atoms with Crippen LogP contribution in [0, 0.1) is 5.41 Å². The van der Waals surface area contributed by atoms with E-state index in [-0.39, 0.29) is 16.7 Å². The second-order valence-electron chi connectivity index (χ2n) is 5.26. The van der Waals surface area contributed by atoms with Crippen molar-refractivity contribution < 1.29 is 4.79 Å². The Morgan fingerprint density at radius 2 is 1.62 bits per heavy atom. The van der Waals surface area contributed by atoms with Gasteiger partial charge in [0.15, 0.2) is 5.78 Å². The molecule has 0 aromatic carbocycles. The molecule has 0 unspecified atom stereocenters. The van der Waals surface area contributed by atoms with Crippen LogP contribution in [-0.4, -0.2) is 17.9 Å². The number of carbonyl (C=O) groups is 1. The highest BCUT2D eigenvalue weighted by Gasteiger charge is 2.23. The monoisotopic (exact) mass is 185 g/mol. The Balaban J connectivity index is 3.98. The van der Waals surface area contributed by atoms with E-state index >= 15 is 0 Å². The third-order valence-electron chi connectivity index (χ3n) is 2.45. The van der Waals surface area contributed by atoms with Gasteiger partial charge < -0.3 is 5.32 Å². The molecule has 1 N–H and O–H groups in total. The fourth-order valence-corrected chi connectivity index (χ4v) is 0.710. The molecule has 0 spiro atoms. The summed E-state index contributed by atoms with van der Waals surface area (Å²) in [6.45, 7) is 12.7. The van der Waals surface area contributed by atoms with E-state index in [4.69, 9.17) is 0 Å². The Labute approximate surface area is 82.1 Å². The van der Waals surface area contributed by atoms with Crippen molar-refractivity contribution in [3.05, 3.63) is 0 Å². The van der Waals surface area contributed by atoms with Gasteiger partial charge in [-0.15, -0.1) is 0 Å². The van der Waals surface area contributed by atoms with Crippen LogP contribution in [0.15, 0.2) is 0 Å². The highest BCUT2D eigenvalue weighted by Crippen LogP contribution is 2.15. The lowest BCUT2D eigenvalue weighted by atomic mass is 9.90. The Hall–Kier alpha value is -0.370. The van der Waals surface area contributed by atoms with Crippen molar-refractivity contribution in [1.82, 2.24) is 5.32 Å². The van der Waals surface area contributed by atoms with Gasteiger partial charge >= 0.3 is 0 Å². The number of carbonyl (C=O) groups excluding carboxylic acids is 1. The van der Waals surface area contributed by atoms with Crippen molar-refractivity contribution >= 4 is 5.78 Å². The molecule has 0 amide bonds. The fraction of sp³-hybridized carbons (Fsp3) is 0.909. The molecule has 2 heteroatoms. The number of Topliss-reactive ketones (excluding diaryl/α,β-unsaturated/α-hetero) is 1. The van der Waals surface area contributed by atoms with Crippen molar-refractivity contribution in [2.45, 2.75) is 53.5 Å². The smallest absolute Gasteiger partial charge is 0.151 e. The van der Waals surface area contributed by atoms with Gasteiger partial charge in [-0.3, -0.25) is 4.79 Å². The molecular formula is C11H23NO. The van der Waals surface area contributed by atoms with Crippen molar-refractivity contribution in [2.24, 2.45) is 5.41 Å². The summed E-state index contributed by atoms with van der Waals surface area (Å²) in [6.07, 6.45) is 1.03. The third kappa shape index (κ3) is 5.04. The maximum atomic E-state index is 11.6. The Morgan fingerprint density at radius 1 is 1.15 bits per heavy atom. The van der Waals surface area contributed by atoms with Crippen molar-refractivity contribution in [3.63, 3.8) is 0 Å². The first-order valence-electron chi connectivity index (χ1n) is 4.97. The second kappa shape index (κ2) is 4.23. The molecule has 0 saturated carbocycles. The van der Waals surface area contributed by atoms with Gasteiger partial charge in [0, 0.05) is 11.0 Å². The van der Waals surface area contributed by atoms with Gasteiger partial charge in [-0.2, -0.15) is 0 Å². The number of ketones is 1. The Kier molecular flexibility index (Phi) is 4.11. The van der Waals surface area contributed by atoms with E-state index < -0.39 is 0 Å². The number of hydrogen-bond donors (Lipinski definition) is 1. The summed E-state index contributed by atoms with van der Waals surface area (Å²) in [6, 6.07) is 0. The van der Waals surface area contributed by atoms with Crippen molar-refractivity contribution in [1.29, 1.82) is 0 Å². The zero-order chi connectivity index (χ0) is 10.7. The molecule has 0 radical (unpaired) electrons. The molecule has 13 heavy (non-hydrogen) atoms. The van der Waals surface area contributed by atoms with Crippen molar-refractivity contribution in [3.8, 4) is 0 Å². The maximum absolute atomic E-state index is 11.6. The average molecular weight is 185 g/mol. The van der Waals surface area contributed by atoms with Crippen LogP contribution < -0.4 is 5.32 Å². The third-order valence-corrected chi connectivity index (χ3v) is 2.45. The van der Waals surface area contributed by atoms with Gasteiger partial charge in [0.05, 0.1) is 6.54 Å². The van der Waals surface area contributed by atoms with E-state index in [1.807, 2.05) is 20.8 Å². The predicted molar refractivity (Wildman–Crippen MR) is 56.8 cm³/mol. The summed E-state index contributed by atoms with van der Waals surface area (Å²) >= 11 is 0. The first-order chi connectivity index (χ1) is 5.69. The standard InChI is InChI=1S/C11H23NO/c1-7-11(5,6)12-8-9(13)10(2,3)4/h12H,7-8H2,1-6H3. The highest BCUT2D eigenvalue weighted by atomic mass is 16.1. The molecule has 0 aromatic rings. The van der Waals surface area contributed by atoms with E-state index in [1.54, 1.807) is 0 Å². The lowest BCUT2D eigenvalue weighted by molar-refractivity contribution is -0.125. The van der Waals surface area contributed by atoms with Gasteiger partial charge in [0.25, 0.3) is 0 Å². The lowest BCUT2D eigenvalue weighted by Gasteiger charge is -2.26. The van der Waals surface area contributed by atoms with Gasteiger partial charge in [-0.1, -0.05) is 27.7 Å². The zero-order valence-electron chi connectivity index (χ0n) is 9.82. The largest absolute Gasteiger partial charge is 0.305 e. The molecule has 78 valence electrons. The molecule has 0 aliphatic carbocycles. The topological polar surface area (TPSA) is 29.1 Å². The molecule has 0 saturated heterocycles. The second-order valence-corrected chi connectivity index (χ2v) is 5.26. The SMILES string of the molecule is CCC(C)(C)NCC(=O)C(C)(C)C. The van der Waals surface area contributed by atoms with E-state index in [2.05, 4.69) is 26.1 Å². The Morgan fingerprint density at radius 3 is 1.92 bits per heavy atom. The summed E-state index contributed by atoms with van der Waals surface area (Å²) in [5, 5.41) is 3.27. The molecule has 0 heterocycles. The van der Waals surface area contributed by atoms with Crippen LogP contribution in [0.3, 0.4) is 0 Å². The zero-order valence-corrected chi connectivity index (χ0v) is 9.82. The van der Waals surface area contributed by atoms with Crippen molar-refractivity contribution in [2.75, 3.05) is 6.54 Å². The first kappa shape index (κ1) is 12.6. The summed E-state index contributed by atoms with van der Waals surface area (Å²) in [4.78, 5) is 11.6. The van der Waals surface area contributed by atoms with E-state index in [0.717, 1.165) is 6.42 Å². The van der Waals surface area contributed by atoms with Gasteiger partial charge in [0.1, 0.15) is 0 Å². The van der Waals surface area contributed by atoms with Gasteiger partial charge in [-0.25, -0.2) is 0 Å². The minimum atomic E-state index is -0.225. The van der Waals surface area contributed by atoms with Gasteiger partial charge in [0.2, 0.25) is 0 Å². The summed E-state index contributed by atoms with van der Waals surface area (Å²) in [5.41, 5.74) is -0.155. The molecule has 0 atom stereocenters. The molecule has 0 aliphatic heterocycles. The average Bonchev–Trinajstić information content (AvgIpc) is 1.98. The van der Waals surface area contributed by atoms with Crippen LogP contribution in [0.4, 0.5) is 0 Å². The maximum Gasteiger partial charge on any atom is 0.151 e.